The van der Waals surface area contributed by atoms with Gasteiger partial charge < -0.3 is 24.8 Å². The molecule has 2 N–H and O–H groups in total. The highest BCUT2D eigenvalue weighted by molar-refractivity contribution is 6.23. The molecule has 3 heterocycles. The van der Waals surface area contributed by atoms with E-state index in [9.17, 15) is 9.59 Å². The summed E-state index contributed by atoms with van der Waals surface area (Å²) in [6, 6.07) is 11.0. The number of aromatic amines is 1. The molecule has 2 aromatic carbocycles. The number of amides is 1. The van der Waals surface area contributed by atoms with E-state index < -0.39 is 0 Å². The van der Waals surface area contributed by atoms with Crippen molar-refractivity contribution in [3.8, 4) is 11.1 Å². The first kappa shape index (κ1) is 27.2. The van der Waals surface area contributed by atoms with E-state index in [4.69, 9.17) is 16.3 Å². The normalized spacial score (nSPS) is 17.1. The van der Waals surface area contributed by atoms with Crippen LogP contribution in [0.3, 0.4) is 0 Å². The quantitative estimate of drug-likeness (QED) is 0.417. The average Bonchev–Trinajstić information content (AvgIpc) is 3.24. The SMILES string of the molecule is Cc1cc(C)c(CNC(=O)c2cc(-c3ccc(N4CCOCC4)c(F)c3)cc3c2C(Cl)CN3C(C)C)c(=O)[nH]1. The number of halogens is 2. The second-order valence-corrected chi connectivity index (χ2v) is 11.1. The minimum absolute atomic E-state index is 0.0863. The van der Waals surface area contributed by atoms with Gasteiger partial charge in [-0.05, 0) is 74.7 Å². The van der Waals surface area contributed by atoms with E-state index in [1.165, 1.54) is 6.07 Å². The van der Waals surface area contributed by atoms with Crippen molar-refractivity contribution in [2.45, 2.75) is 45.7 Å². The van der Waals surface area contributed by atoms with E-state index >= 15 is 4.39 Å². The molecule has 1 amide bonds. The summed E-state index contributed by atoms with van der Waals surface area (Å²) in [5.74, 6) is -0.639. The number of nitrogens with one attached hydrogen (secondary N) is 2. The van der Waals surface area contributed by atoms with Gasteiger partial charge in [-0.2, -0.15) is 0 Å². The van der Waals surface area contributed by atoms with Gasteiger partial charge in [-0.1, -0.05) is 6.07 Å². The van der Waals surface area contributed by atoms with E-state index in [1.807, 2.05) is 36.9 Å². The Balaban J connectivity index is 1.52. The Kier molecular flexibility index (Phi) is 7.69. The molecule has 0 spiro atoms. The van der Waals surface area contributed by atoms with Gasteiger partial charge in [0.2, 0.25) is 0 Å². The van der Waals surface area contributed by atoms with Crippen molar-refractivity contribution in [2.75, 3.05) is 42.6 Å². The maximum atomic E-state index is 15.3. The zero-order valence-corrected chi connectivity index (χ0v) is 23.5. The lowest BCUT2D eigenvalue weighted by molar-refractivity contribution is 0.0950. The maximum Gasteiger partial charge on any atom is 0.253 e. The Morgan fingerprint density at radius 2 is 1.87 bits per heavy atom. The van der Waals surface area contributed by atoms with Crippen LogP contribution in [0.25, 0.3) is 11.1 Å². The number of rotatable bonds is 6. The Morgan fingerprint density at radius 1 is 1.13 bits per heavy atom. The highest BCUT2D eigenvalue weighted by atomic mass is 35.5. The number of H-pyrrole nitrogens is 1. The summed E-state index contributed by atoms with van der Waals surface area (Å²) in [7, 11) is 0. The molecule has 0 aliphatic carbocycles. The molecule has 206 valence electrons. The minimum atomic E-state index is -0.373. The van der Waals surface area contributed by atoms with Gasteiger partial charge in [0.25, 0.3) is 11.5 Å². The van der Waals surface area contributed by atoms with E-state index in [0.29, 0.717) is 55.2 Å². The highest BCUT2D eigenvalue weighted by Gasteiger charge is 2.34. The zero-order valence-electron chi connectivity index (χ0n) is 22.7. The topological polar surface area (TPSA) is 77.7 Å². The van der Waals surface area contributed by atoms with Crippen LogP contribution in [0.4, 0.5) is 15.8 Å². The van der Waals surface area contributed by atoms with Crippen LogP contribution in [-0.4, -0.2) is 49.8 Å². The first-order valence-corrected chi connectivity index (χ1v) is 13.8. The number of anilines is 2. The summed E-state index contributed by atoms with van der Waals surface area (Å²) >= 11 is 6.79. The molecule has 1 saturated heterocycles. The lowest BCUT2D eigenvalue weighted by Gasteiger charge is -2.29. The van der Waals surface area contributed by atoms with Crippen molar-refractivity contribution in [3.05, 3.63) is 80.5 Å². The van der Waals surface area contributed by atoms with Crippen molar-refractivity contribution in [1.29, 1.82) is 0 Å². The highest BCUT2D eigenvalue weighted by Crippen LogP contribution is 2.44. The fourth-order valence-electron chi connectivity index (χ4n) is 5.52. The van der Waals surface area contributed by atoms with Gasteiger partial charge in [-0.3, -0.25) is 9.59 Å². The van der Waals surface area contributed by atoms with Gasteiger partial charge in [0, 0.05) is 60.3 Å². The fraction of sp³-hybridized carbons (Fsp3) is 0.400. The van der Waals surface area contributed by atoms with Gasteiger partial charge >= 0.3 is 0 Å². The molecular formula is C30H34ClFN4O3. The van der Waals surface area contributed by atoms with Crippen LogP contribution in [0, 0.1) is 19.7 Å². The summed E-state index contributed by atoms with van der Waals surface area (Å²) in [4.78, 5) is 33.1. The Morgan fingerprint density at radius 3 is 2.54 bits per heavy atom. The number of carbonyl (C=O) groups excluding carboxylic acids is 1. The van der Waals surface area contributed by atoms with Crippen molar-refractivity contribution >= 4 is 28.9 Å². The molecule has 0 radical (unpaired) electrons. The molecule has 2 aliphatic rings. The van der Waals surface area contributed by atoms with Crippen LogP contribution in [-0.2, 0) is 11.3 Å². The zero-order chi connectivity index (χ0) is 27.8. The van der Waals surface area contributed by atoms with Crippen LogP contribution >= 0.6 is 11.6 Å². The summed E-state index contributed by atoms with van der Waals surface area (Å²) in [5, 5.41) is 2.55. The smallest absolute Gasteiger partial charge is 0.253 e. The molecule has 0 saturated carbocycles. The Labute approximate surface area is 232 Å². The summed E-state index contributed by atoms with van der Waals surface area (Å²) in [5.41, 5.74) is 5.88. The van der Waals surface area contributed by atoms with E-state index in [2.05, 4.69) is 29.0 Å². The molecule has 7 nitrogen and oxygen atoms in total. The average molecular weight is 553 g/mol. The van der Waals surface area contributed by atoms with Crippen molar-refractivity contribution < 1.29 is 13.9 Å². The van der Waals surface area contributed by atoms with Gasteiger partial charge in [0.1, 0.15) is 5.82 Å². The largest absolute Gasteiger partial charge is 0.378 e. The Bertz CT molecular complexity index is 1470. The van der Waals surface area contributed by atoms with Crippen LogP contribution in [0.15, 0.2) is 41.2 Å². The monoisotopic (exact) mass is 552 g/mol. The van der Waals surface area contributed by atoms with Gasteiger partial charge in [0.15, 0.2) is 0 Å². The molecule has 2 aliphatic heterocycles. The second-order valence-electron chi connectivity index (χ2n) is 10.6. The summed E-state index contributed by atoms with van der Waals surface area (Å²) in [6.07, 6.45) is 0. The number of hydrogen-bond donors (Lipinski definition) is 2. The molecule has 1 fully saturated rings. The van der Waals surface area contributed by atoms with E-state index in [1.54, 1.807) is 12.1 Å². The predicted molar refractivity (Wildman–Crippen MR) is 154 cm³/mol. The van der Waals surface area contributed by atoms with Crippen molar-refractivity contribution in [1.82, 2.24) is 10.3 Å². The van der Waals surface area contributed by atoms with Crippen LogP contribution in [0.1, 0.15) is 52.0 Å². The van der Waals surface area contributed by atoms with E-state index in [-0.39, 0.29) is 35.2 Å². The van der Waals surface area contributed by atoms with Crippen LogP contribution in [0.5, 0.6) is 0 Å². The fourth-order valence-corrected chi connectivity index (χ4v) is 5.90. The third-order valence-corrected chi connectivity index (χ3v) is 7.91. The number of aryl methyl sites for hydroxylation is 2. The number of hydrogen-bond acceptors (Lipinski definition) is 5. The molecule has 3 aromatic rings. The predicted octanol–water partition coefficient (Wildman–Crippen LogP) is 5.07. The number of alkyl halides is 1. The molecule has 1 atom stereocenters. The summed E-state index contributed by atoms with van der Waals surface area (Å²) < 4.78 is 20.7. The maximum absolute atomic E-state index is 15.3. The standard InChI is InChI=1S/C30H34ClFN4O3/c1-17(2)36-16-24(31)28-22(29(37)33-15-23-18(3)11-19(4)34-30(23)38)12-21(14-27(28)36)20-5-6-26(25(32)13-20)35-7-9-39-10-8-35/h5-6,11-14,17,24H,7-10,15-16H2,1-4H3,(H,33,37)(H,34,38). The third kappa shape index (κ3) is 5.40. The number of nitrogens with zero attached hydrogens (tertiary/aromatic N) is 2. The first-order valence-electron chi connectivity index (χ1n) is 13.3. The van der Waals surface area contributed by atoms with Crippen molar-refractivity contribution in [3.63, 3.8) is 0 Å². The van der Waals surface area contributed by atoms with E-state index in [0.717, 1.165) is 28.1 Å². The number of carbonyl (C=O) groups is 1. The lowest BCUT2D eigenvalue weighted by atomic mass is 9.95. The number of morpholine rings is 1. The third-order valence-electron chi connectivity index (χ3n) is 7.56. The number of ether oxygens (including phenoxy) is 1. The molecule has 9 heteroatoms. The Hall–Kier alpha value is -3.36. The van der Waals surface area contributed by atoms with Crippen LogP contribution < -0.4 is 20.7 Å². The number of pyridine rings is 1. The first-order chi connectivity index (χ1) is 18.6. The molecule has 5 rings (SSSR count). The lowest BCUT2D eigenvalue weighted by Crippen LogP contribution is -2.36. The van der Waals surface area contributed by atoms with Crippen molar-refractivity contribution in [2.24, 2.45) is 0 Å². The molecule has 39 heavy (non-hydrogen) atoms. The van der Waals surface area contributed by atoms with Gasteiger partial charge in [-0.25, -0.2) is 4.39 Å². The van der Waals surface area contributed by atoms with Crippen LogP contribution in [0.2, 0.25) is 0 Å². The number of benzene rings is 2. The second kappa shape index (κ2) is 11.0. The molecular weight excluding hydrogens is 519 g/mol. The minimum Gasteiger partial charge on any atom is -0.378 e. The van der Waals surface area contributed by atoms with Gasteiger partial charge in [-0.15, -0.1) is 11.6 Å². The van der Waals surface area contributed by atoms with Gasteiger partial charge in [0.05, 0.1) is 24.3 Å². The number of fused-ring (bicyclic) bond motifs is 1. The summed E-state index contributed by atoms with van der Waals surface area (Å²) in [6.45, 7) is 10.9. The molecule has 1 aromatic heterocycles. The molecule has 1 unspecified atom stereocenters. The molecule has 0 bridgehead atoms. The number of aromatic nitrogens is 1.